The molecule has 3 nitrogen and oxygen atoms in total. The van der Waals surface area contributed by atoms with Gasteiger partial charge in [0.25, 0.3) is 0 Å². The quantitative estimate of drug-likeness (QED) is 0.837. The molecule has 0 aliphatic rings. The second-order valence-corrected chi connectivity index (χ2v) is 6.76. The zero-order chi connectivity index (χ0) is 18.2. The van der Waals surface area contributed by atoms with Gasteiger partial charge in [0.2, 0.25) is 0 Å². The first-order valence-electron chi connectivity index (χ1n) is 7.48. The average Bonchev–Trinajstić information content (AvgIpc) is 2.98. The van der Waals surface area contributed by atoms with E-state index < -0.39 is 23.6 Å². The minimum atomic E-state index is -4.71. The molecule has 0 fully saturated rings. The predicted octanol–water partition coefficient (Wildman–Crippen LogP) is 4.94. The highest BCUT2D eigenvalue weighted by molar-refractivity contribution is 5.65. The molecule has 0 amide bonds. The first kappa shape index (κ1) is 18.4. The maximum atomic E-state index is 13.1. The van der Waals surface area contributed by atoms with Crippen molar-refractivity contribution in [2.45, 2.75) is 44.4 Å². The monoisotopic (exact) mass is 342 g/mol. The molecule has 0 aliphatic carbocycles. The third-order valence-electron chi connectivity index (χ3n) is 4.18. The normalized spacial score (nSPS) is 15.2. The van der Waals surface area contributed by atoms with Gasteiger partial charge in [-0.2, -0.15) is 13.2 Å². The second-order valence-electron chi connectivity index (χ2n) is 6.76. The number of aliphatic hydroxyl groups is 1. The topological polar surface area (TPSA) is 42.6 Å². The lowest BCUT2D eigenvalue weighted by Crippen LogP contribution is -2.46. The molecule has 2 aromatic rings. The summed E-state index contributed by atoms with van der Waals surface area (Å²) in [5.74, 6) is 0.477. The fraction of sp³-hybridized carbons (Fsp3) is 0.444. The van der Waals surface area contributed by atoms with E-state index in [1.807, 2.05) is 6.07 Å². The van der Waals surface area contributed by atoms with E-state index in [0.717, 1.165) is 18.1 Å². The number of ether oxygens (including phenoxy) is 1. The third-order valence-corrected chi connectivity index (χ3v) is 4.18. The lowest BCUT2D eigenvalue weighted by atomic mass is 9.74. The van der Waals surface area contributed by atoms with E-state index in [-0.39, 0.29) is 0 Å². The van der Waals surface area contributed by atoms with Gasteiger partial charge in [-0.3, -0.25) is 0 Å². The maximum absolute atomic E-state index is 13.1. The fourth-order valence-corrected chi connectivity index (χ4v) is 2.90. The molecule has 1 aromatic carbocycles. The van der Waals surface area contributed by atoms with Crippen LogP contribution in [0.5, 0.6) is 5.75 Å². The maximum Gasteiger partial charge on any atom is 0.416 e. The summed E-state index contributed by atoms with van der Waals surface area (Å²) in [5, 5.41) is 9.88. The summed E-state index contributed by atoms with van der Waals surface area (Å²) in [6.45, 7) is 4.11. The molecule has 132 valence electrons. The van der Waals surface area contributed by atoms with Crippen molar-refractivity contribution in [3.8, 4) is 16.9 Å². The SMILES string of the molecule is COc1ccc(-c2ccoc2)cc1C(C)(C)CC(C)(O)C(F)(F)F. The summed E-state index contributed by atoms with van der Waals surface area (Å²) in [7, 11) is 1.47. The van der Waals surface area contributed by atoms with Gasteiger partial charge in [0.15, 0.2) is 5.60 Å². The van der Waals surface area contributed by atoms with Crippen LogP contribution >= 0.6 is 0 Å². The Morgan fingerprint density at radius 3 is 2.25 bits per heavy atom. The molecule has 2 rings (SSSR count). The Kier molecular flexibility index (Phi) is 4.72. The summed E-state index contributed by atoms with van der Waals surface area (Å²) >= 11 is 0. The highest BCUT2D eigenvalue weighted by atomic mass is 19.4. The summed E-state index contributed by atoms with van der Waals surface area (Å²) in [6.07, 6.45) is -2.11. The summed E-state index contributed by atoms with van der Waals surface area (Å²) in [6, 6.07) is 7.06. The van der Waals surface area contributed by atoms with Crippen molar-refractivity contribution in [3.63, 3.8) is 0 Å². The van der Waals surface area contributed by atoms with Gasteiger partial charge in [-0.05, 0) is 42.5 Å². The van der Waals surface area contributed by atoms with Gasteiger partial charge in [-0.25, -0.2) is 0 Å². The third kappa shape index (κ3) is 3.59. The van der Waals surface area contributed by atoms with Gasteiger partial charge in [0.1, 0.15) is 5.75 Å². The van der Waals surface area contributed by atoms with Crippen molar-refractivity contribution in [3.05, 3.63) is 42.4 Å². The Morgan fingerprint density at radius 2 is 1.75 bits per heavy atom. The second kappa shape index (κ2) is 6.16. The lowest BCUT2D eigenvalue weighted by molar-refractivity contribution is -0.259. The number of halogens is 3. The van der Waals surface area contributed by atoms with Crippen LogP contribution in [0, 0.1) is 0 Å². The number of hydrogen-bond acceptors (Lipinski definition) is 3. The molecule has 0 saturated heterocycles. The molecule has 1 aromatic heterocycles. The highest BCUT2D eigenvalue weighted by Gasteiger charge is 2.52. The van der Waals surface area contributed by atoms with Gasteiger partial charge < -0.3 is 14.3 Å². The van der Waals surface area contributed by atoms with Crippen LogP contribution in [0.3, 0.4) is 0 Å². The molecule has 0 bridgehead atoms. The standard InChI is InChI=1S/C18H21F3O3/c1-16(2,11-17(3,22)18(19,20)21)14-9-12(5-6-15(14)23-4)13-7-8-24-10-13/h5-10,22H,11H2,1-4H3. The molecule has 0 spiro atoms. The van der Waals surface area contributed by atoms with Gasteiger partial charge in [-0.1, -0.05) is 19.9 Å². The number of methoxy groups -OCH3 is 1. The van der Waals surface area contributed by atoms with E-state index in [0.29, 0.717) is 11.3 Å². The molecular formula is C18H21F3O3. The molecule has 6 heteroatoms. The Morgan fingerprint density at radius 1 is 1.08 bits per heavy atom. The van der Waals surface area contributed by atoms with Crippen molar-refractivity contribution in [2.24, 2.45) is 0 Å². The smallest absolute Gasteiger partial charge is 0.416 e. The van der Waals surface area contributed by atoms with Crippen LogP contribution in [0.15, 0.2) is 41.2 Å². The predicted molar refractivity (Wildman–Crippen MR) is 85.0 cm³/mol. The van der Waals surface area contributed by atoms with E-state index in [4.69, 9.17) is 9.15 Å². The van der Waals surface area contributed by atoms with Gasteiger partial charge in [0.05, 0.1) is 19.6 Å². The van der Waals surface area contributed by atoms with Gasteiger partial charge >= 0.3 is 6.18 Å². The van der Waals surface area contributed by atoms with E-state index in [2.05, 4.69) is 0 Å². The van der Waals surface area contributed by atoms with Crippen LogP contribution in [-0.2, 0) is 5.41 Å². The molecule has 0 radical (unpaired) electrons. The minimum Gasteiger partial charge on any atom is -0.496 e. The summed E-state index contributed by atoms with van der Waals surface area (Å²) < 4.78 is 49.6. The Hall–Kier alpha value is -1.95. The van der Waals surface area contributed by atoms with Crippen LogP contribution in [-0.4, -0.2) is 24.0 Å². The number of hydrogen-bond donors (Lipinski definition) is 1. The van der Waals surface area contributed by atoms with Gasteiger partial charge in [0, 0.05) is 11.1 Å². The van der Waals surface area contributed by atoms with Crippen molar-refractivity contribution in [2.75, 3.05) is 7.11 Å². The molecule has 1 atom stereocenters. The molecule has 1 heterocycles. The van der Waals surface area contributed by atoms with Gasteiger partial charge in [-0.15, -0.1) is 0 Å². The molecular weight excluding hydrogens is 321 g/mol. The zero-order valence-electron chi connectivity index (χ0n) is 14.1. The summed E-state index contributed by atoms with van der Waals surface area (Å²) in [5.41, 5.74) is -1.55. The summed E-state index contributed by atoms with van der Waals surface area (Å²) in [4.78, 5) is 0. The molecule has 0 saturated carbocycles. The zero-order valence-corrected chi connectivity index (χ0v) is 14.1. The Balaban J connectivity index is 2.46. The van der Waals surface area contributed by atoms with E-state index in [1.54, 1.807) is 38.3 Å². The van der Waals surface area contributed by atoms with Crippen LogP contribution < -0.4 is 4.74 Å². The van der Waals surface area contributed by atoms with Crippen LogP contribution in [0.2, 0.25) is 0 Å². The molecule has 0 aliphatic heterocycles. The van der Waals surface area contributed by atoms with Crippen LogP contribution in [0.4, 0.5) is 13.2 Å². The molecule has 1 N–H and O–H groups in total. The van der Waals surface area contributed by atoms with Crippen molar-refractivity contribution < 1.29 is 27.4 Å². The lowest BCUT2D eigenvalue weighted by Gasteiger charge is -2.36. The average molecular weight is 342 g/mol. The highest BCUT2D eigenvalue weighted by Crippen LogP contribution is 2.44. The van der Waals surface area contributed by atoms with Crippen molar-refractivity contribution in [1.82, 2.24) is 0 Å². The Bertz CT molecular complexity index is 686. The Labute approximate surface area is 139 Å². The number of alkyl halides is 3. The van der Waals surface area contributed by atoms with E-state index in [9.17, 15) is 18.3 Å². The first-order chi connectivity index (χ1) is 11.0. The molecule has 24 heavy (non-hydrogen) atoms. The van der Waals surface area contributed by atoms with E-state index >= 15 is 0 Å². The largest absolute Gasteiger partial charge is 0.496 e. The van der Waals surface area contributed by atoms with Crippen molar-refractivity contribution >= 4 is 0 Å². The van der Waals surface area contributed by atoms with Crippen molar-refractivity contribution in [1.29, 1.82) is 0 Å². The molecule has 1 unspecified atom stereocenters. The van der Waals surface area contributed by atoms with E-state index in [1.165, 1.54) is 13.4 Å². The minimum absolute atomic E-state index is 0.477. The first-order valence-corrected chi connectivity index (χ1v) is 7.48. The number of rotatable bonds is 5. The van der Waals surface area contributed by atoms with Crippen LogP contribution in [0.25, 0.3) is 11.1 Å². The fourth-order valence-electron chi connectivity index (χ4n) is 2.90. The number of furan rings is 1. The van der Waals surface area contributed by atoms with Crippen LogP contribution in [0.1, 0.15) is 32.8 Å². The number of benzene rings is 1.